The highest BCUT2D eigenvalue weighted by Gasteiger charge is 2.41. The number of rotatable bonds is 6. The Hall–Kier alpha value is -0.870. The van der Waals surface area contributed by atoms with E-state index in [-0.39, 0.29) is 5.54 Å². The third-order valence-corrected chi connectivity index (χ3v) is 5.13. The summed E-state index contributed by atoms with van der Waals surface area (Å²) >= 11 is 0. The van der Waals surface area contributed by atoms with Crippen molar-refractivity contribution in [2.75, 3.05) is 21.1 Å². The maximum atomic E-state index is 4.54. The van der Waals surface area contributed by atoms with Gasteiger partial charge < -0.3 is 10.2 Å². The molecule has 1 aliphatic carbocycles. The van der Waals surface area contributed by atoms with Gasteiger partial charge >= 0.3 is 0 Å². The molecule has 0 amide bonds. The Kier molecular flexibility index (Phi) is 5.82. The molecule has 0 radical (unpaired) electrons. The van der Waals surface area contributed by atoms with Crippen LogP contribution in [0.2, 0.25) is 0 Å². The summed E-state index contributed by atoms with van der Waals surface area (Å²) < 4.78 is 2.08. The van der Waals surface area contributed by atoms with Gasteiger partial charge in [0, 0.05) is 23.8 Å². The monoisotopic (exact) mass is 292 g/mol. The van der Waals surface area contributed by atoms with Gasteiger partial charge in [-0.2, -0.15) is 5.10 Å². The fourth-order valence-corrected chi connectivity index (χ4v) is 3.96. The van der Waals surface area contributed by atoms with Gasteiger partial charge in [0.25, 0.3) is 0 Å². The SMILES string of the molecule is CCCn1cc(C(NC)C2(N(C)C)CCCCCC2)cn1. The van der Waals surface area contributed by atoms with Gasteiger partial charge in [-0.25, -0.2) is 0 Å². The molecule has 2 rings (SSSR count). The van der Waals surface area contributed by atoms with Gasteiger partial charge in [0.1, 0.15) is 0 Å². The van der Waals surface area contributed by atoms with E-state index in [1.807, 2.05) is 0 Å². The Morgan fingerprint density at radius 2 is 1.95 bits per heavy atom. The highest BCUT2D eigenvalue weighted by atomic mass is 15.3. The minimum Gasteiger partial charge on any atom is -0.311 e. The molecule has 1 atom stereocenters. The van der Waals surface area contributed by atoms with E-state index in [4.69, 9.17) is 0 Å². The molecule has 0 aromatic carbocycles. The minimum absolute atomic E-state index is 0.214. The highest BCUT2D eigenvalue weighted by molar-refractivity contribution is 5.18. The Morgan fingerprint density at radius 1 is 1.29 bits per heavy atom. The minimum atomic E-state index is 0.214. The lowest BCUT2D eigenvalue weighted by atomic mass is 9.79. The zero-order valence-corrected chi connectivity index (χ0v) is 14.2. The van der Waals surface area contributed by atoms with Crippen LogP contribution in [0.15, 0.2) is 12.4 Å². The normalized spacial score (nSPS) is 20.4. The van der Waals surface area contributed by atoms with Gasteiger partial charge in [0.05, 0.1) is 12.2 Å². The largest absolute Gasteiger partial charge is 0.311 e. The predicted octanol–water partition coefficient (Wildman–Crippen LogP) is 3.21. The smallest absolute Gasteiger partial charge is 0.0538 e. The number of aryl methyl sites for hydroxylation is 1. The van der Waals surface area contributed by atoms with Crippen LogP contribution in [-0.2, 0) is 6.54 Å². The molecule has 21 heavy (non-hydrogen) atoms. The summed E-state index contributed by atoms with van der Waals surface area (Å²) in [5.74, 6) is 0. The number of hydrogen-bond donors (Lipinski definition) is 1. The first-order valence-corrected chi connectivity index (χ1v) is 8.51. The number of likely N-dealkylation sites (N-methyl/N-ethyl adjacent to an activating group) is 2. The molecule has 0 aliphatic heterocycles. The van der Waals surface area contributed by atoms with E-state index in [2.05, 4.69) is 60.5 Å². The Labute approximate surface area is 129 Å². The summed E-state index contributed by atoms with van der Waals surface area (Å²) in [5, 5.41) is 8.14. The third-order valence-electron chi connectivity index (χ3n) is 5.13. The van der Waals surface area contributed by atoms with Crippen LogP contribution in [0.25, 0.3) is 0 Å². The number of aromatic nitrogens is 2. The topological polar surface area (TPSA) is 33.1 Å². The first-order chi connectivity index (χ1) is 10.1. The van der Waals surface area contributed by atoms with E-state index in [9.17, 15) is 0 Å². The second kappa shape index (κ2) is 7.41. The van der Waals surface area contributed by atoms with Crippen LogP contribution in [0, 0.1) is 0 Å². The summed E-state index contributed by atoms with van der Waals surface area (Å²) in [6.45, 7) is 3.20. The third kappa shape index (κ3) is 3.49. The van der Waals surface area contributed by atoms with Crippen LogP contribution in [0.1, 0.15) is 63.5 Å². The molecular formula is C17H32N4. The van der Waals surface area contributed by atoms with Crippen LogP contribution < -0.4 is 5.32 Å². The first kappa shape index (κ1) is 16.5. The van der Waals surface area contributed by atoms with Crippen LogP contribution in [-0.4, -0.2) is 41.4 Å². The van der Waals surface area contributed by atoms with Crippen molar-refractivity contribution in [3.05, 3.63) is 18.0 Å². The van der Waals surface area contributed by atoms with Crippen molar-refractivity contribution >= 4 is 0 Å². The molecule has 120 valence electrons. The lowest BCUT2D eigenvalue weighted by Gasteiger charge is -2.45. The summed E-state index contributed by atoms with van der Waals surface area (Å²) in [5.41, 5.74) is 1.55. The summed E-state index contributed by atoms with van der Waals surface area (Å²) in [4.78, 5) is 2.46. The van der Waals surface area contributed by atoms with E-state index in [1.165, 1.54) is 44.1 Å². The fourth-order valence-electron chi connectivity index (χ4n) is 3.96. The van der Waals surface area contributed by atoms with Gasteiger partial charge in [-0.1, -0.05) is 32.6 Å². The van der Waals surface area contributed by atoms with Crippen LogP contribution in [0.5, 0.6) is 0 Å². The van der Waals surface area contributed by atoms with Crippen molar-refractivity contribution in [2.24, 2.45) is 0 Å². The van der Waals surface area contributed by atoms with E-state index < -0.39 is 0 Å². The molecule has 1 aromatic rings. The predicted molar refractivity (Wildman–Crippen MR) is 88.4 cm³/mol. The zero-order valence-electron chi connectivity index (χ0n) is 14.2. The molecule has 0 spiro atoms. The van der Waals surface area contributed by atoms with Gasteiger partial charge in [0.2, 0.25) is 0 Å². The summed E-state index contributed by atoms with van der Waals surface area (Å²) in [7, 11) is 6.58. The Bertz CT molecular complexity index is 416. The molecule has 0 bridgehead atoms. The molecular weight excluding hydrogens is 260 g/mol. The van der Waals surface area contributed by atoms with Gasteiger partial charge in [-0.05, 0) is 40.4 Å². The second-order valence-electron chi connectivity index (χ2n) is 6.67. The maximum Gasteiger partial charge on any atom is 0.0538 e. The molecule has 0 saturated heterocycles. The van der Waals surface area contributed by atoms with E-state index in [1.54, 1.807) is 0 Å². The molecule has 1 aromatic heterocycles. The van der Waals surface area contributed by atoms with Crippen molar-refractivity contribution in [1.82, 2.24) is 20.0 Å². The standard InChI is InChI=1S/C17H32N4/c1-5-12-21-14-15(13-19-21)16(18-2)17(20(3)4)10-8-6-7-9-11-17/h13-14,16,18H,5-12H2,1-4H3. The summed E-state index contributed by atoms with van der Waals surface area (Å²) in [6, 6.07) is 0.358. The molecule has 1 heterocycles. The highest BCUT2D eigenvalue weighted by Crippen LogP contribution is 2.40. The zero-order chi connectivity index (χ0) is 15.3. The average Bonchev–Trinajstić information content (AvgIpc) is 2.76. The van der Waals surface area contributed by atoms with Crippen LogP contribution >= 0.6 is 0 Å². The molecule has 4 heteroatoms. The van der Waals surface area contributed by atoms with Crippen LogP contribution in [0.4, 0.5) is 0 Å². The first-order valence-electron chi connectivity index (χ1n) is 8.51. The maximum absolute atomic E-state index is 4.54. The average molecular weight is 292 g/mol. The van der Waals surface area contributed by atoms with E-state index in [0.29, 0.717) is 6.04 Å². The van der Waals surface area contributed by atoms with Gasteiger partial charge in [-0.3, -0.25) is 4.68 Å². The molecule has 1 fully saturated rings. The van der Waals surface area contributed by atoms with Crippen molar-refractivity contribution in [3.8, 4) is 0 Å². The Morgan fingerprint density at radius 3 is 2.48 bits per heavy atom. The quantitative estimate of drug-likeness (QED) is 0.817. The number of nitrogens with zero attached hydrogens (tertiary/aromatic N) is 3. The van der Waals surface area contributed by atoms with Crippen molar-refractivity contribution < 1.29 is 0 Å². The Balaban J connectivity index is 2.29. The summed E-state index contributed by atoms with van der Waals surface area (Å²) in [6.07, 6.45) is 13.4. The van der Waals surface area contributed by atoms with Crippen molar-refractivity contribution in [2.45, 2.75) is 70.0 Å². The lowest BCUT2D eigenvalue weighted by molar-refractivity contribution is 0.0834. The molecule has 1 aliphatic rings. The van der Waals surface area contributed by atoms with Crippen molar-refractivity contribution in [1.29, 1.82) is 0 Å². The lowest BCUT2D eigenvalue weighted by Crippen LogP contribution is -2.52. The second-order valence-corrected chi connectivity index (χ2v) is 6.67. The number of nitrogens with one attached hydrogen (secondary N) is 1. The van der Waals surface area contributed by atoms with Gasteiger partial charge in [0.15, 0.2) is 0 Å². The fraction of sp³-hybridized carbons (Fsp3) is 0.824. The van der Waals surface area contributed by atoms with E-state index in [0.717, 1.165) is 13.0 Å². The van der Waals surface area contributed by atoms with E-state index >= 15 is 0 Å². The van der Waals surface area contributed by atoms with Crippen molar-refractivity contribution in [3.63, 3.8) is 0 Å². The van der Waals surface area contributed by atoms with Gasteiger partial charge in [-0.15, -0.1) is 0 Å². The number of hydrogen-bond acceptors (Lipinski definition) is 3. The molecule has 1 saturated carbocycles. The van der Waals surface area contributed by atoms with Crippen LogP contribution in [0.3, 0.4) is 0 Å². The molecule has 1 N–H and O–H groups in total. The molecule has 4 nitrogen and oxygen atoms in total. The molecule has 1 unspecified atom stereocenters.